The summed E-state index contributed by atoms with van der Waals surface area (Å²) >= 11 is 0. The summed E-state index contributed by atoms with van der Waals surface area (Å²) in [6, 6.07) is 3.62. The zero-order valence-electron chi connectivity index (χ0n) is 15.4. The van der Waals surface area contributed by atoms with Gasteiger partial charge in [0.25, 0.3) is 5.91 Å². The molecular weight excluding hydrogens is 385 g/mol. The van der Waals surface area contributed by atoms with Crippen LogP contribution in [0.4, 0.5) is 10.1 Å². The number of fused-ring (bicyclic) bond motifs is 1. The number of rotatable bonds is 5. The molecule has 28 heavy (non-hydrogen) atoms. The highest BCUT2D eigenvalue weighted by Gasteiger charge is 2.32. The highest BCUT2D eigenvalue weighted by Crippen LogP contribution is 2.32. The molecule has 0 unspecified atom stereocenters. The third-order valence-corrected chi connectivity index (χ3v) is 5.93. The SMILES string of the molecule is Cc1c(S(=O)(=O)NC(C)C)c2n(c1C(=O)Nc1cc(F)nc(C#N)c1)CC=C2. The fourth-order valence-corrected chi connectivity index (χ4v) is 4.88. The number of pyridine rings is 1. The van der Waals surface area contributed by atoms with Crippen LogP contribution < -0.4 is 10.0 Å². The molecule has 8 nitrogen and oxygen atoms in total. The van der Waals surface area contributed by atoms with E-state index in [1.54, 1.807) is 43.6 Å². The van der Waals surface area contributed by atoms with Gasteiger partial charge in [-0.05, 0) is 32.9 Å². The summed E-state index contributed by atoms with van der Waals surface area (Å²) in [5, 5.41) is 11.4. The van der Waals surface area contributed by atoms with Crippen LogP contribution in [0, 0.1) is 24.2 Å². The maximum Gasteiger partial charge on any atom is 0.272 e. The summed E-state index contributed by atoms with van der Waals surface area (Å²) < 4.78 is 43.2. The topological polar surface area (TPSA) is 117 Å². The summed E-state index contributed by atoms with van der Waals surface area (Å²) in [5.41, 5.74) is 0.729. The van der Waals surface area contributed by atoms with Crippen molar-refractivity contribution in [2.45, 2.75) is 38.3 Å². The molecule has 1 aliphatic heterocycles. The molecule has 3 heterocycles. The van der Waals surface area contributed by atoms with E-state index in [0.717, 1.165) is 6.07 Å². The second-order valence-electron chi connectivity index (χ2n) is 6.61. The third-order valence-electron chi connectivity index (χ3n) is 4.09. The highest BCUT2D eigenvalue weighted by molar-refractivity contribution is 7.89. The highest BCUT2D eigenvalue weighted by atomic mass is 32.2. The van der Waals surface area contributed by atoms with E-state index in [2.05, 4.69) is 15.0 Å². The lowest BCUT2D eigenvalue weighted by Crippen LogP contribution is -2.31. The number of allylic oxidation sites excluding steroid dienone is 1. The second-order valence-corrected chi connectivity index (χ2v) is 8.26. The number of anilines is 1. The molecule has 2 aromatic heterocycles. The average molecular weight is 403 g/mol. The monoisotopic (exact) mass is 403 g/mol. The zero-order chi connectivity index (χ0) is 20.6. The van der Waals surface area contributed by atoms with E-state index in [9.17, 15) is 17.6 Å². The first-order valence-corrected chi connectivity index (χ1v) is 9.93. The predicted molar refractivity (Wildman–Crippen MR) is 101 cm³/mol. The first-order chi connectivity index (χ1) is 13.1. The van der Waals surface area contributed by atoms with E-state index in [1.807, 2.05) is 0 Å². The Labute approximate surface area is 161 Å². The van der Waals surface area contributed by atoms with Crippen LogP contribution in [0.1, 0.15) is 41.3 Å². The van der Waals surface area contributed by atoms with Crippen molar-refractivity contribution in [3.05, 3.63) is 46.8 Å². The Morgan fingerprint density at radius 2 is 2.11 bits per heavy atom. The van der Waals surface area contributed by atoms with Gasteiger partial charge in [-0.3, -0.25) is 4.79 Å². The van der Waals surface area contributed by atoms with Crippen LogP contribution in [0.5, 0.6) is 0 Å². The van der Waals surface area contributed by atoms with E-state index in [1.165, 1.54) is 6.07 Å². The van der Waals surface area contributed by atoms with E-state index in [4.69, 9.17) is 5.26 Å². The van der Waals surface area contributed by atoms with Crippen LogP contribution in [-0.4, -0.2) is 29.9 Å². The first kappa shape index (κ1) is 19.7. The quantitative estimate of drug-likeness (QED) is 0.742. The van der Waals surface area contributed by atoms with Gasteiger partial charge in [0.15, 0.2) is 0 Å². The molecular formula is C18H18FN5O3S. The number of carbonyl (C=O) groups is 1. The molecule has 0 aromatic carbocycles. The van der Waals surface area contributed by atoms with Gasteiger partial charge in [0.05, 0.1) is 5.69 Å². The largest absolute Gasteiger partial charge is 0.332 e. The van der Waals surface area contributed by atoms with Crippen molar-refractivity contribution in [3.8, 4) is 6.07 Å². The van der Waals surface area contributed by atoms with Crippen molar-refractivity contribution < 1.29 is 17.6 Å². The lowest BCUT2D eigenvalue weighted by molar-refractivity contribution is 0.101. The van der Waals surface area contributed by atoms with Gasteiger partial charge < -0.3 is 9.88 Å². The Bertz CT molecular complexity index is 1140. The third kappa shape index (κ3) is 3.54. The van der Waals surface area contributed by atoms with Gasteiger partial charge in [-0.25, -0.2) is 18.1 Å². The Hall–Kier alpha value is -3.03. The number of nitrogens with zero attached hydrogens (tertiary/aromatic N) is 3. The molecule has 0 bridgehead atoms. The fourth-order valence-electron chi connectivity index (χ4n) is 3.19. The van der Waals surface area contributed by atoms with Gasteiger partial charge >= 0.3 is 0 Å². The number of nitrogens with one attached hydrogen (secondary N) is 2. The number of amides is 1. The van der Waals surface area contributed by atoms with Crippen molar-refractivity contribution >= 4 is 27.7 Å². The van der Waals surface area contributed by atoms with E-state index < -0.39 is 21.9 Å². The smallest absolute Gasteiger partial charge is 0.272 e. The van der Waals surface area contributed by atoms with E-state index in [0.29, 0.717) is 17.8 Å². The number of aromatic nitrogens is 2. The number of hydrogen-bond acceptors (Lipinski definition) is 5. The molecule has 0 radical (unpaired) electrons. The Morgan fingerprint density at radius 1 is 1.39 bits per heavy atom. The molecule has 2 aromatic rings. The molecule has 1 amide bonds. The van der Waals surface area contributed by atoms with Gasteiger partial charge in [0.1, 0.15) is 22.4 Å². The summed E-state index contributed by atoms with van der Waals surface area (Å²) in [4.78, 5) is 16.3. The molecule has 0 saturated heterocycles. The zero-order valence-corrected chi connectivity index (χ0v) is 16.3. The first-order valence-electron chi connectivity index (χ1n) is 8.45. The molecule has 3 rings (SSSR count). The summed E-state index contributed by atoms with van der Waals surface area (Å²) in [5.74, 6) is -1.51. The minimum absolute atomic E-state index is 0.0405. The summed E-state index contributed by atoms with van der Waals surface area (Å²) in [6.45, 7) is 5.30. The molecule has 0 spiro atoms. The minimum atomic E-state index is -3.83. The van der Waals surface area contributed by atoms with Crippen LogP contribution in [-0.2, 0) is 16.6 Å². The summed E-state index contributed by atoms with van der Waals surface area (Å²) in [7, 11) is -3.83. The fraction of sp³-hybridized carbons (Fsp3) is 0.278. The minimum Gasteiger partial charge on any atom is -0.332 e. The maximum absolute atomic E-state index is 13.5. The maximum atomic E-state index is 13.5. The second kappa shape index (κ2) is 7.18. The summed E-state index contributed by atoms with van der Waals surface area (Å²) in [6.07, 6.45) is 3.40. The molecule has 1 aliphatic rings. The van der Waals surface area contributed by atoms with Gasteiger partial charge in [-0.15, -0.1) is 0 Å². The number of sulfonamides is 1. The van der Waals surface area contributed by atoms with Crippen molar-refractivity contribution in [3.63, 3.8) is 0 Å². The molecule has 0 atom stereocenters. The standard InChI is InChI=1S/C18H18FN5O3S/c1-10(2)23-28(26,27)17-11(3)16(24-6-4-5-14(17)24)18(25)22-12-7-13(9-20)21-15(19)8-12/h4-5,7-8,10,23H,6H2,1-3H3,(H,21,22,25). The van der Waals surface area contributed by atoms with Gasteiger partial charge in [0.2, 0.25) is 16.0 Å². The molecule has 2 N–H and O–H groups in total. The van der Waals surface area contributed by atoms with Crippen molar-refractivity contribution in [2.75, 3.05) is 5.32 Å². The Morgan fingerprint density at radius 3 is 2.75 bits per heavy atom. The van der Waals surface area contributed by atoms with Crippen LogP contribution in [0.3, 0.4) is 0 Å². The van der Waals surface area contributed by atoms with Crippen molar-refractivity contribution in [1.82, 2.24) is 14.3 Å². The average Bonchev–Trinajstić information content (AvgIpc) is 3.11. The van der Waals surface area contributed by atoms with Crippen LogP contribution in [0.2, 0.25) is 0 Å². The Balaban J connectivity index is 2.05. The lowest BCUT2D eigenvalue weighted by atomic mass is 10.2. The van der Waals surface area contributed by atoms with Gasteiger partial charge in [-0.1, -0.05) is 6.08 Å². The molecule has 10 heteroatoms. The van der Waals surface area contributed by atoms with Crippen molar-refractivity contribution in [2.24, 2.45) is 0 Å². The Kier molecular flexibility index (Phi) is 5.06. The number of nitriles is 1. The number of hydrogen-bond donors (Lipinski definition) is 2. The van der Waals surface area contributed by atoms with Crippen molar-refractivity contribution in [1.29, 1.82) is 5.26 Å². The number of halogens is 1. The van der Waals surface area contributed by atoms with E-state index in [-0.39, 0.29) is 28.0 Å². The van der Waals surface area contributed by atoms with E-state index >= 15 is 0 Å². The normalized spacial score (nSPS) is 12.9. The van der Waals surface area contributed by atoms with Gasteiger partial charge in [0, 0.05) is 29.9 Å². The van der Waals surface area contributed by atoms with Gasteiger partial charge in [-0.2, -0.15) is 9.65 Å². The molecule has 0 fully saturated rings. The van der Waals surface area contributed by atoms with Crippen LogP contribution in [0.15, 0.2) is 23.1 Å². The lowest BCUT2D eigenvalue weighted by Gasteiger charge is -2.10. The predicted octanol–water partition coefficient (Wildman–Crippen LogP) is 2.17. The number of carbonyl (C=O) groups excluding carboxylic acids is 1. The molecule has 0 aliphatic carbocycles. The molecule has 0 saturated carbocycles. The van der Waals surface area contributed by atoms with Crippen LogP contribution in [0.25, 0.3) is 6.08 Å². The van der Waals surface area contributed by atoms with Crippen LogP contribution >= 0.6 is 0 Å². The molecule has 146 valence electrons.